The van der Waals surface area contributed by atoms with E-state index in [9.17, 15) is 4.79 Å². The standard InChI is InChI=1S/C26H22ClNO3/c1-2-17-12-21-20(18-8-4-3-5-9-18)13-24(29)31-26(21)22-15-28(16-30-25(17)22)14-19-10-6-7-11-23(19)27/h3-13H,2,14-16H2,1H3/p+1. The van der Waals surface area contributed by atoms with E-state index in [0.717, 1.165) is 56.9 Å². The molecule has 0 saturated carbocycles. The second-order valence-electron chi connectivity index (χ2n) is 7.90. The maximum Gasteiger partial charge on any atom is 0.336 e. The molecule has 1 unspecified atom stereocenters. The summed E-state index contributed by atoms with van der Waals surface area (Å²) in [6, 6.07) is 21.5. The number of aryl methyl sites for hydroxylation is 1. The molecule has 4 aromatic rings. The van der Waals surface area contributed by atoms with E-state index in [4.69, 9.17) is 20.8 Å². The fourth-order valence-corrected chi connectivity index (χ4v) is 4.57. The lowest BCUT2D eigenvalue weighted by Crippen LogP contribution is -3.11. The van der Waals surface area contributed by atoms with Crippen molar-refractivity contribution in [1.82, 2.24) is 0 Å². The quantitative estimate of drug-likeness (QED) is 0.479. The van der Waals surface area contributed by atoms with Gasteiger partial charge in [-0.25, -0.2) is 4.79 Å². The van der Waals surface area contributed by atoms with Crippen LogP contribution in [-0.2, 0) is 19.5 Å². The molecular weight excluding hydrogens is 410 g/mol. The second kappa shape index (κ2) is 8.22. The van der Waals surface area contributed by atoms with Crippen LogP contribution in [0.25, 0.3) is 22.1 Å². The number of quaternary nitrogens is 1. The van der Waals surface area contributed by atoms with E-state index >= 15 is 0 Å². The van der Waals surface area contributed by atoms with Crippen molar-refractivity contribution < 1.29 is 14.1 Å². The van der Waals surface area contributed by atoms with Gasteiger partial charge in [0.2, 0.25) is 6.73 Å². The number of nitrogens with one attached hydrogen (secondary N) is 1. The van der Waals surface area contributed by atoms with Gasteiger partial charge in [0.25, 0.3) is 0 Å². The topological polar surface area (TPSA) is 43.9 Å². The minimum absolute atomic E-state index is 0.351. The van der Waals surface area contributed by atoms with Crippen LogP contribution in [0.1, 0.15) is 23.6 Å². The zero-order valence-electron chi connectivity index (χ0n) is 17.3. The number of hydrogen-bond donors (Lipinski definition) is 1. The third-order valence-corrected chi connectivity index (χ3v) is 6.24. The third kappa shape index (κ3) is 3.73. The average Bonchev–Trinajstić information content (AvgIpc) is 2.80. The van der Waals surface area contributed by atoms with Crippen molar-refractivity contribution >= 4 is 22.6 Å². The lowest BCUT2D eigenvalue weighted by Gasteiger charge is -2.28. The minimum atomic E-state index is -0.351. The molecule has 1 aliphatic heterocycles. The first-order chi connectivity index (χ1) is 15.1. The second-order valence-corrected chi connectivity index (χ2v) is 8.31. The van der Waals surface area contributed by atoms with Crippen LogP contribution in [0.15, 0.2) is 75.9 Å². The molecule has 0 saturated heterocycles. The molecule has 0 amide bonds. The Labute approximate surface area is 185 Å². The molecule has 1 N–H and O–H groups in total. The van der Waals surface area contributed by atoms with Crippen molar-refractivity contribution in [2.75, 3.05) is 6.73 Å². The molecule has 4 nitrogen and oxygen atoms in total. The summed E-state index contributed by atoms with van der Waals surface area (Å²) in [7, 11) is 0. The summed E-state index contributed by atoms with van der Waals surface area (Å²) >= 11 is 6.38. The van der Waals surface area contributed by atoms with Crippen LogP contribution in [0.2, 0.25) is 5.02 Å². The van der Waals surface area contributed by atoms with E-state index in [1.165, 1.54) is 4.90 Å². The van der Waals surface area contributed by atoms with Gasteiger partial charge in [-0.1, -0.05) is 67.1 Å². The van der Waals surface area contributed by atoms with Crippen LogP contribution in [0.5, 0.6) is 5.75 Å². The van der Waals surface area contributed by atoms with E-state index in [1.807, 2.05) is 54.6 Å². The molecule has 1 aliphatic rings. The molecule has 5 rings (SSSR count). The first-order valence-electron chi connectivity index (χ1n) is 10.5. The lowest BCUT2D eigenvalue weighted by atomic mass is 9.95. The fraction of sp³-hybridized carbons (Fsp3) is 0.192. The van der Waals surface area contributed by atoms with Gasteiger partial charge in [0, 0.05) is 22.0 Å². The van der Waals surface area contributed by atoms with Crippen LogP contribution in [0.3, 0.4) is 0 Å². The SMILES string of the molecule is CCc1cc2c(-c3ccccc3)cc(=O)oc2c2c1OC[NH+](Cc1ccccc1Cl)C2. The molecule has 156 valence electrons. The van der Waals surface area contributed by atoms with Gasteiger partial charge in [-0.2, -0.15) is 0 Å². The summed E-state index contributed by atoms with van der Waals surface area (Å²) in [5.41, 5.74) is 5.32. The molecule has 1 aromatic heterocycles. The van der Waals surface area contributed by atoms with Crippen molar-refractivity contribution in [1.29, 1.82) is 0 Å². The Kier molecular flexibility index (Phi) is 5.26. The number of rotatable bonds is 4. The van der Waals surface area contributed by atoms with Crippen LogP contribution >= 0.6 is 11.6 Å². The highest BCUT2D eigenvalue weighted by atomic mass is 35.5. The summed E-state index contributed by atoms with van der Waals surface area (Å²) in [6.07, 6.45) is 0.839. The summed E-state index contributed by atoms with van der Waals surface area (Å²) < 4.78 is 12.0. The fourth-order valence-electron chi connectivity index (χ4n) is 4.37. The predicted molar refractivity (Wildman–Crippen MR) is 123 cm³/mol. The Morgan fingerprint density at radius 1 is 1.00 bits per heavy atom. The Morgan fingerprint density at radius 2 is 1.77 bits per heavy atom. The molecule has 5 heteroatoms. The van der Waals surface area contributed by atoms with E-state index in [2.05, 4.69) is 13.0 Å². The largest absolute Gasteiger partial charge is 0.444 e. The molecule has 3 aromatic carbocycles. The monoisotopic (exact) mass is 432 g/mol. The van der Waals surface area contributed by atoms with Crippen molar-refractivity contribution in [2.45, 2.75) is 26.4 Å². The lowest BCUT2D eigenvalue weighted by molar-refractivity contribution is -0.945. The molecule has 1 atom stereocenters. The molecule has 31 heavy (non-hydrogen) atoms. The predicted octanol–water partition coefficient (Wildman–Crippen LogP) is 4.61. The van der Waals surface area contributed by atoms with Crippen LogP contribution < -0.4 is 15.3 Å². The minimum Gasteiger partial charge on any atom is -0.444 e. The summed E-state index contributed by atoms with van der Waals surface area (Å²) in [5, 5.41) is 1.70. The highest BCUT2D eigenvalue weighted by Crippen LogP contribution is 2.37. The molecule has 0 radical (unpaired) electrons. The first-order valence-corrected chi connectivity index (χ1v) is 10.9. The number of benzene rings is 3. The molecule has 0 aliphatic carbocycles. The van der Waals surface area contributed by atoms with Crippen LogP contribution in [0.4, 0.5) is 0 Å². The maximum atomic E-state index is 12.5. The highest BCUT2D eigenvalue weighted by Gasteiger charge is 2.28. The van der Waals surface area contributed by atoms with E-state index in [-0.39, 0.29) is 5.63 Å². The Balaban J connectivity index is 1.65. The van der Waals surface area contributed by atoms with Crippen molar-refractivity contribution in [3.63, 3.8) is 0 Å². The van der Waals surface area contributed by atoms with Gasteiger partial charge in [-0.3, -0.25) is 4.90 Å². The van der Waals surface area contributed by atoms with Gasteiger partial charge in [-0.05, 0) is 35.2 Å². The van der Waals surface area contributed by atoms with Gasteiger partial charge in [0.05, 0.1) is 5.56 Å². The van der Waals surface area contributed by atoms with Crippen LogP contribution in [-0.4, -0.2) is 6.73 Å². The Bertz CT molecular complexity index is 1310. The number of ether oxygens (including phenoxy) is 1. The number of hydrogen-bond acceptors (Lipinski definition) is 3. The summed E-state index contributed by atoms with van der Waals surface area (Å²) in [4.78, 5) is 13.7. The van der Waals surface area contributed by atoms with Gasteiger partial charge >= 0.3 is 5.63 Å². The Morgan fingerprint density at radius 3 is 2.55 bits per heavy atom. The van der Waals surface area contributed by atoms with E-state index < -0.39 is 0 Å². The van der Waals surface area contributed by atoms with Gasteiger partial charge in [0.1, 0.15) is 18.8 Å². The van der Waals surface area contributed by atoms with E-state index in [1.54, 1.807) is 6.07 Å². The van der Waals surface area contributed by atoms with E-state index in [0.29, 0.717) is 18.9 Å². The molecular formula is C26H23ClNO3+. The summed E-state index contributed by atoms with van der Waals surface area (Å²) in [5.74, 6) is 0.853. The Hall–Kier alpha value is -3.08. The van der Waals surface area contributed by atoms with Gasteiger partial charge < -0.3 is 9.15 Å². The third-order valence-electron chi connectivity index (χ3n) is 5.87. The number of halogens is 1. The average molecular weight is 433 g/mol. The summed E-state index contributed by atoms with van der Waals surface area (Å²) in [6.45, 7) is 4.10. The zero-order chi connectivity index (χ0) is 21.4. The molecule has 0 bridgehead atoms. The van der Waals surface area contributed by atoms with Crippen molar-refractivity contribution in [3.05, 3.63) is 98.9 Å². The van der Waals surface area contributed by atoms with Crippen molar-refractivity contribution in [3.8, 4) is 16.9 Å². The maximum absolute atomic E-state index is 12.5. The molecule has 0 fully saturated rings. The normalized spacial score (nSPS) is 15.5. The zero-order valence-corrected chi connectivity index (χ0v) is 18.0. The van der Waals surface area contributed by atoms with Crippen LogP contribution in [0, 0.1) is 0 Å². The highest BCUT2D eigenvalue weighted by molar-refractivity contribution is 6.31. The molecule has 2 heterocycles. The van der Waals surface area contributed by atoms with Gasteiger partial charge in [-0.15, -0.1) is 0 Å². The van der Waals surface area contributed by atoms with Crippen molar-refractivity contribution in [2.24, 2.45) is 0 Å². The van der Waals surface area contributed by atoms with Gasteiger partial charge in [0.15, 0.2) is 5.58 Å². The smallest absolute Gasteiger partial charge is 0.336 e. The number of fused-ring (bicyclic) bond motifs is 3. The molecule has 0 spiro atoms. The first kappa shape index (κ1) is 19.9.